The average Bonchev–Trinajstić information content (AvgIpc) is 3.39. The Bertz CT molecular complexity index is 928. The number of hydrogen-bond donors (Lipinski definition) is 1. The number of nitrogens with one attached hydrogen (secondary N) is 1. The Morgan fingerprint density at radius 2 is 2.00 bits per heavy atom. The van der Waals surface area contributed by atoms with Gasteiger partial charge in [-0.25, -0.2) is 4.39 Å². The summed E-state index contributed by atoms with van der Waals surface area (Å²) in [5.74, 6) is -0.301. The maximum atomic E-state index is 14.1. The first kappa shape index (κ1) is 17.1. The van der Waals surface area contributed by atoms with E-state index in [0.717, 1.165) is 29.3 Å². The topological polar surface area (TPSA) is 36.1 Å². The van der Waals surface area contributed by atoms with Crippen molar-refractivity contribution in [1.82, 2.24) is 9.88 Å². The van der Waals surface area contributed by atoms with Crippen molar-refractivity contribution in [2.45, 2.75) is 38.3 Å². The lowest BCUT2D eigenvalue weighted by molar-refractivity contribution is -0.132. The molecule has 2 aromatic carbocycles. The fourth-order valence-corrected chi connectivity index (χ4v) is 3.61. The third-order valence-corrected chi connectivity index (χ3v) is 5.34. The van der Waals surface area contributed by atoms with Gasteiger partial charge in [-0.3, -0.25) is 4.79 Å². The summed E-state index contributed by atoms with van der Waals surface area (Å²) < 4.78 is 14.1. The molecule has 3 aromatic rings. The van der Waals surface area contributed by atoms with Crippen LogP contribution in [-0.2, 0) is 17.8 Å². The molecule has 1 aliphatic carbocycles. The number of aromatic amines is 1. The number of nitrogens with zero attached hydrogens (tertiary/aromatic N) is 1. The van der Waals surface area contributed by atoms with Gasteiger partial charge in [0.25, 0.3) is 0 Å². The lowest BCUT2D eigenvalue weighted by Crippen LogP contribution is -2.33. The molecule has 134 valence electrons. The summed E-state index contributed by atoms with van der Waals surface area (Å²) in [6.07, 6.45) is 4.99. The molecule has 0 saturated heterocycles. The first-order valence-electron chi connectivity index (χ1n) is 8.91. The van der Waals surface area contributed by atoms with Gasteiger partial charge in [0.2, 0.25) is 5.91 Å². The number of aromatic nitrogens is 1. The molecular formula is C21H20ClFN2O. The van der Waals surface area contributed by atoms with Gasteiger partial charge in [-0.15, -0.1) is 0 Å². The van der Waals surface area contributed by atoms with E-state index < -0.39 is 0 Å². The SMILES string of the molecule is O=C(CCc1c[nH]c2ccccc12)N(Cc1c(F)cccc1Cl)C1CC1. The number of rotatable bonds is 6. The zero-order valence-corrected chi connectivity index (χ0v) is 15.1. The van der Waals surface area contributed by atoms with Crippen molar-refractivity contribution in [2.75, 3.05) is 0 Å². The van der Waals surface area contributed by atoms with Crippen molar-refractivity contribution >= 4 is 28.4 Å². The minimum absolute atomic E-state index is 0.0529. The molecule has 3 nitrogen and oxygen atoms in total. The summed E-state index contributed by atoms with van der Waals surface area (Å²) in [4.78, 5) is 17.9. The number of carbonyl (C=O) groups is 1. The molecule has 26 heavy (non-hydrogen) atoms. The maximum Gasteiger partial charge on any atom is 0.223 e. The van der Waals surface area contributed by atoms with Crippen molar-refractivity contribution in [3.63, 3.8) is 0 Å². The first-order chi connectivity index (χ1) is 12.6. The molecule has 1 aromatic heterocycles. The largest absolute Gasteiger partial charge is 0.361 e. The number of para-hydroxylation sites is 1. The van der Waals surface area contributed by atoms with Gasteiger partial charge in [0.15, 0.2) is 0 Å². The van der Waals surface area contributed by atoms with Gasteiger partial charge in [-0.2, -0.15) is 0 Å². The van der Waals surface area contributed by atoms with Crippen LogP contribution < -0.4 is 0 Å². The fourth-order valence-electron chi connectivity index (χ4n) is 3.38. The molecule has 4 rings (SSSR count). The highest BCUT2D eigenvalue weighted by atomic mass is 35.5. The quantitative estimate of drug-likeness (QED) is 0.645. The number of amides is 1. The minimum Gasteiger partial charge on any atom is -0.361 e. The highest BCUT2D eigenvalue weighted by molar-refractivity contribution is 6.31. The Morgan fingerprint density at radius 1 is 1.19 bits per heavy atom. The normalized spacial score (nSPS) is 13.9. The van der Waals surface area contributed by atoms with Gasteiger partial charge in [0.1, 0.15) is 5.82 Å². The third-order valence-electron chi connectivity index (χ3n) is 4.98. The molecule has 0 bridgehead atoms. The van der Waals surface area contributed by atoms with Crippen LogP contribution in [0, 0.1) is 5.82 Å². The molecule has 1 amide bonds. The second kappa shape index (κ2) is 7.12. The Labute approximate surface area is 156 Å². The van der Waals surface area contributed by atoms with E-state index in [4.69, 9.17) is 11.6 Å². The molecule has 1 N–H and O–H groups in total. The highest BCUT2D eigenvalue weighted by Crippen LogP contribution is 2.31. The third kappa shape index (κ3) is 3.47. The molecule has 0 radical (unpaired) electrons. The molecule has 1 saturated carbocycles. The summed E-state index contributed by atoms with van der Waals surface area (Å²) in [5, 5.41) is 1.52. The Hall–Kier alpha value is -2.33. The van der Waals surface area contributed by atoms with E-state index >= 15 is 0 Å². The number of fused-ring (bicyclic) bond motifs is 1. The minimum atomic E-state index is -0.354. The summed E-state index contributed by atoms with van der Waals surface area (Å²) in [7, 11) is 0. The first-order valence-corrected chi connectivity index (χ1v) is 9.28. The number of benzene rings is 2. The van der Waals surface area contributed by atoms with Crippen molar-refractivity contribution in [3.05, 3.63) is 70.6 Å². The molecule has 1 heterocycles. The van der Waals surface area contributed by atoms with E-state index in [9.17, 15) is 9.18 Å². The second-order valence-electron chi connectivity index (χ2n) is 6.81. The molecule has 0 spiro atoms. The Kier molecular flexibility index (Phi) is 4.68. The predicted molar refractivity (Wildman–Crippen MR) is 102 cm³/mol. The smallest absolute Gasteiger partial charge is 0.223 e. The van der Waals surface area contributed by atoms with E-state index in [1.54, 1.807) is 17.0 Å². The van der Waals surface area contributed by atoms with E-state index in [0.29, 0.717) is 23.4 Å². The van der Waals surface area contributed by atoms with Gasteiger partial charge in [-0.1, -0.05) is 35.9 Å². The predicted octanol–water partition coefficient (Wildman–Crippen LogP) is 5.08. The molecule has 1 aliphatic rings. The van der Waals surface area contributed by atoms with E-state index in [2.05, 4.69) is 11.1 Å². The molecule has 0 unspecified atom stereocenters. The maximum absolute atomic E-state index is 14.1. The zero-order valence-electron chi connectivity index (χ0n) is 14.3. The molecule has 0 atom stereocenters. The Morgan fingerprint density at radius 3 is 2.77 bits per heavy atom. The molecule has 5 heteroatoms. The molecular weight excluding hydrogens is 351 g/mol. The summed E-state index contributed by atoms with van der Waals surface area (Å²) >= 11 is 6.14. The van der Waals surface area contributed by atoms with Gasteiger partial charge < -0.3 is 9.88 Å². The van der Waals surface area contributed by atoms with E-state index in [1.807, 2.05) is 24.4 Å². The highest BCUT2D eigenvalue weighted by Gasteiger charge is 2.33. The van der Waals surface area contributed by atoms with Gasteiger partial charge in [-0.05, 0) is 43.0 Å². The van der Waals surface area contributed by atoms with Crippen LogP contribution >= 0.6 is 11.6 Å². The van der Waals surface area contributed by atoms with Crippen LogP contribution in [0.5, 0.6) is 0 Å². The van der Waals surface area contributed by atoms with Crippen molar-refractivity contribution in [3.8, 4) is 0 Å². The van der Waals surface area contributed by atoms with E-state index in [-0.39, 0.29) is 24.3 Å². The molecule has 0 aliphatic heterocycles. The van der Waals surface area contributed by atoms with Crippen LogP contribution in [0.3, 0.4) is 0 Å². The molecule has 1 fully saturated rings. The second-order valence-corrected chi connectivity index (χ2v) is 7.22. The van der Waals surface area contributed by atoms with Crippen molar-refractivity contribution in [2.24, 2.45) is 0 Å². The lowest BCUT2D eigenvalue weighted by atomic mass is 10.1. The van der Waals surface area contributed by atoms with Gasteiger partial charge in [0, 0.05) is 40.1 Å². The number of halogens is 2. The van der Waals surface area contributed by atoms with Crippen LogP contribution in [0.4, 0.5) is 4.39 Å². The van der Waals surface area contributed by atoms with Crippen LogP contribution in [0.1, 0.15) is 30.4 Å². The van der Waals surface area contributed by atoms with Crippen molar-refractivity contribution < 1.29 is 9.18 Å². The number of H-pyrrole nitrogens is 1. The van der Waals surface area contributed by atoms with Crippen LogP contribution in [0.2, 0.25) is 5.02 Å². The van der Waals surface area contributed by atoms with Gasteiger partial charge >= 0.3 is 0 Å². The fraction of sp³-hybridized carbons (Fsp3) is 0.286. The summed E-state index contributed by atoms with van der Waals surface area (Å²) in [6.45, 7) is 0.239. The van der Waals surface area contributed by atoms with Crippen molar-refractivity contribution in [1.29, 1.82) is 0 Å². The number of hydrogen-bond acceptors (Lipinski definition) is 1. The lowest BCUT2D eigenvalue weighted by Gasteiger charge is -2.23. The Balaban J connectivity index is 1.48. The van der Waals surface area contributed by atoms with Crippen LogP contribution in [-0.4, -0.2) is 21.8 Å². The monoisotopic (exact) mass is 370 g/mol. The average molecular weight is 371 g/mol. The standard InChI is InChI=1S/C21H20ClFN2O/c22-18-5-3-6-19(23)17(18)13-25(15-9-10-15)21(26)11-8-14-12-24-20-7-2-1-4-16(14)20/h1-7,12,15,24H,8-11,13H2. The number of carbonyl (C=O) groups excluding carboxylic acids is 1. The van der Waals surface area contributed by atoms with Crippen LogP contribution in [0.25, 0.3) is 10.9 Å². The van der Waals surface area contributed by atoms with Gasteiger partial charge in [0.05, 0.1) is 6.54 Å². The number of aryl methyl sites for hydroxylation is 1. The summed E-state index contributed by atoms with van der Waals surface area (Å²) in [6, 6.07) is 12.9. The van der Waals surface area contributed by atoms with E-state index in [1.165, 1.54) is 6.07 Å². The zero-order chi connectivity index (χ0) is 18.1. The van der Waals surface area contributed by atoms with Crippen LogP contribution in [0.15, 0.2) is 48.7 Å². The summed E-state index contributed by atoms with van der Waals surface area (Å²) in [5.41, 5.74) is 2.61.